The van der Waals surface area contributed by atoms with Gasteiger partial charge >= 0.3 is 0 Å². The number of rotatable bonds is 1. The summed E-state index contributed by atoms with van der Waals surface area (Å²) in [5, 5.41) is 3.42. The highest BCUT2D eigenvalue weighted by Crippen LogP contribution is 2.29. The third-order valence-corrected chi connectivity index (χ3v) is 2.92. The van der Waals surface area contributed by atoms with Crippen LogP contribution in [0.4, 0.5) is 0 Å². The van der Waals surface area contributed by atoms with Crippen molar-refractivity contribution >= 4 is 0 Å². The molecule has 0 saturated carbocycles. The highest BCUT2D eigenvalue weighted by Gasteiger charge is 2.21. The smallest absolute Gasteiger partial charge is 0.0270 e. The van der Waals surface area contributed by atoms with Gasteiger partial charge in [-0.3, -0.25) is 4.98 Å². The Morgan fingerprint density at radius 2 is 2.15 bits per heavy atom. The highest BCUT2D eigenvalue weighted by atomic mass is 14.9. The minimum Gasteiger partial charge on any atom is -0.316 e. The van der Waals surface area contributed by atoms with Crippen molar-refractivity contribution in [3.05, 3.63) is 30.1 Å². The van der Waals surface area contributed by atoms with Crippen molar-refractivity contribution in [1.29, 1.82) is 0 Å². The van der Waals surface area contributed by atoms with Crippen molar-refractivity contribution in [2.75, 3.05) is 13.1 Å². The second-order valence-electron chi connectivity index (χ2n) is 3.86. The van der Waals surface area contributed by atoms with Crippen molar-refractivity contribution in [2.24, 2.45) is 5.92 Å². The van der Waals surface area contributed by atoms with Crippen LogP contribution >= 0.6 is 0 Å². The number of nitrogens with zero attached hydrogens (tertiary/aromatic N) is 1. The van der Waals surface area contributed by atoms with E-state index in [1.807, 2.05) is 12.4 Å². The molecular weight excluding hydrogens is 160 g/mol. The SMILES string of the molecule is CC1CNCCC1c1ccncc1. The van der Waals surface area contributed by atoms with E-state index in [2.05, 4.69) is 29.4 Å². The van der Waals surface area contributed by atoms with Gasteiger partial charge in [0.1, 0.15) is 0 Å². The molecule has 2 unspecified atom stereocenters. The van der Waals surface area contributed by atoms with Crippen LogP contribution in [0, 0.1) is 5.92 Å². The highest BCUT2D eigenvalue weighted by molar-refractivity contribution is 5.17. The molecule has 0 aliphatic carbocycles. The van der Waals surface area contributed by atoms with E-state index in [4.69, 9.17) is 0 Å². The lowest BCUT2D eigenvalue weighted by molar-refractivity contribution is 0.349. The fraction of sp³-hybridized carbons (Fsp3) is 0.545. The van der Waals surface area contributed by atoms with E-state index in [-0.39, 0.29) is 0 Å². The minimum absolute atomic E-state index is 0.726. The van der Waals surface area contributed by atoms with E-state index >= 15 is 0 Å². The summed E-state index contributed by atoms with van der Waals surface area (Å²) in [5.41, 5.74) is 1.45. The van der Waals surface area contributed by atoms with Crippen LogP contribution in [-0.4, -0.2) is 18.1 Å². The molecule has 1 aliphatic heterocycles. The summed E-state index contributed by atoms with van der Waals surface area (Å²) in [6.07, 6.45) is 5.04. The van der Waals surface area contributed by atoms with E-state index in [9.17, 15) is 0 Å². The summed E-state index contributed by atoms with van der Waals surface area (Å²) < 4.78 is 0. The first kappa shape index (κ1) is 8.70. The van der Waals surface area contributed by atoms with Crippen molar-refractivity contribution in [1.82, 2.24) is 10.3 Å². The largest absolute Gasteiger partial charge is 0.316 e. The Kier molecular flexibility index (Phi) is 2.60. The number of nitrogens with one attached hydrogen (secondary N) is 1. The molecule has 2 atom stereocenters. The van der Waals surface area contributed by atoms with Crippen LogP contribution in [0.25, 0.3) is 0 Å². The molecule has 2 nitrogen and oxygen atoms in total. The quantitative estimate of drug-likeness (QED) is 0.705. The fourth-order valence-electron chi connectivity index (χ4n) is 2.12. The Labute approximate surface area is 79.4 Å². The van der Waals surface area contributed by atoms with Crippen LogP contribution in [0.1, 0.15) is 24.8 Å². The molecule has 2 heterocycles. The number of hydrogen-bond acceptors (Lipinski definition) is 2. The Hall–Kier alpha value is -0.890. The summed E-state index contributed by atoms with van der Waals surface area (Å²) in [4.78, 5) is 4.05. The Bertz CT molecular complexity index is 258. The average Bonchev–Trinajstić information content (AvgIpc) is 2.20. The van der Waals surface area contributed by atoms with E-state index in [0.717, 1.165) is 24.9 Å². The monoisotopic (exact) mass is 176 g/mol. The van der Waals surface area contributed by atoms with Crippen LogP contribution in [0.3, 0.4) is 0 Å². The van der Waals surface area contributed by atoms with Crippen LogP contribution in [0.2, 0.25) is 0 Å². The minimum atomic E-state index is 0.726. The lowest BCUT2D eigenvalue weighted by Crippen LogP contribution is -2.33. The topological polar surface area (TPSA) is 24.9 Å². The lowest BCUT2D eigenvalue weighted by Gasteiger charge is -2.29. The van der Waals surface area contributed by atoms with Crippen molar-refractivity contribution < 1.29 is 0 Å². The molecule has 0 aromatic carbocycles. The van der Waals surface area contributed by atoms with Gasteiger partial charge in [-0.2, -0.15) is 0 Å². The van der Waals surface area contributed by atoms with Crippen LogP contribution in [-0.2, 0) is 0 Å². The van der Waals surface area contributed by atoms with E-state index in [0.29, 0.717) is 0 Å². The zero-order chi connectivity index (χ0) is 9.10. The molecule has 1 N–H and O–H groups in total. The molecule has 1 saturated heterocycles. The lowest BCUT2D eigenvalue weighted by atomic mass is 9.83. The summed E-state index contributed by atoms with van der Waals surface area (Å²) in [6, 6.07) is 4.29. The molecule has 13 heavy (non-hydrogen) atoms. The average molecular weight is 176 g/mol. The summed E-state index contributed by atoms with van der Waals surface area (Å²) in [7, 11) is 0. The number of pyridine rings is 1. The second-order valence-corrected chi connectivity index (χ2v) is 3.86. The second kappa shape index (κ2) is 3.88. The maximum absolute atomic E-state index is 4.05. The van der Waals surface area contributed by atoms with Crippen LogP contribution in [0.15, 0.2) is 24.5 Å². The number of aromatic nitrogens is 1. The van der Waals surface area contributed by atoms with Gasteiger partial charge < -0.3 is 5.32 Å². The first-order valence-corrected chi connectivity index (χ1v) is 4.98. The van der Waals surface area contributed by atoms with Crippen molar-refractivity contribution in [2.45, 2.75) is 19.3 Å². The Balaban J connectivity index is 2.15. The summed E-state index contributed by atoms with van der Waals surface area (Å²) >= 11 is 0. The zero-order valence-corrected chi connectivity index (χ0v) is 8.03. The molecule has 1 aromatic heterocycles. The molecule has 1 fully saturated rings. The maximum atomic E-state index is 4.05. The maximum Gasteiger partial charge on any atom is 0.0270 e. The molecule has 1 aliphatic rings. The van der Waals surface area contributed by atoms with Gasteiger partial charge in [0.15, 0.2) is 0 Å². The molecule has 2 heteroatoms. The molecule has 2 rings (SSSR count). The predicted octanol–water partition coefficient (Wildman–Crippen LogP) is 1.79. The van der Waals surface area contributed by atoms with E-state index < -0.39 is 0 Å². The Morgan fingerprint density at radius 1 is 1.38 bits per heavy atom. The first-order chi connectivity index (χ1) is 6.38. The zero-order valence-electron chi connectivity index (χ0n) is 8.03. The summed E-state index contributed by atoms with van der Waals surface area (Å²) in [6.45, 7) is 4.61. The number of hydrogen-bond donors (Lipinski definition) is 1. The van der Waals surface area contributed by atoms with Gasteiger partial charge in [0, 0.05) is 12.4 Å². The number of piperidine rings is 1. The van der Waals surface area contributed by atoms with Gasteiger partial charge in [-0.1, -0.05) is 6.92 Å². The van der Waals surface area contributed by atoms with Crippen molar-refractivity contribution in [3.8, 4) is 0 Å². The normalized spacial score (nSPS) is 28.7. The third-order valence-electron chi connectivity index (χ3n) is 2.92. The molecule has 1 aromatic rings. The van der Waals surface area contributed by atoms with Crippen LogP contribution in [0.5, 0.6) is 0 Å². The van der Waals surface area contributed by atoms with Crippen molar-refractivity contribution in [3.63, 3.8) is 0 Å². The first-order valence-electron chi connectivity index (χ1n) is 4.98. The molecular formula is C11H16N2. The molecule has 0 bridgehead atoms. The standard InChI is InChI=1S/C11H16N2/c1-9-8-13-7-4-11(9)10-2-5-12-6-3-10/h2-3,5-6,9,11,13H,4,7-8H2,1H3. The predicted molar refractivity (Wildman–Crippen MR) is 53.6 cm³/mol. The van der Waals surface area contributed by atoms with E-state index in [1.54, 1.807) is 0 Å². The molecule has 0 radical (unpaired) electrons. The third kappa shape index (κ3) is 1.89. The van der Waals surface area contributed by atoms with Gasteiger partial charge in [-0.15, -0.1) is 0 Å². The van der Waals surface area contributed by atoms with E-state index in [1.165, 1.54) is 12.0 Å². The Morgan fingerprint density at radius 3 is 2.85 bits per heavy atom. The molecule has 70 valence electrons. The van der Waals surface area contributed by atoms with Gasteiger partial charge in [0.25, 0.3) is 0 Å². The fourth-order valence-corrected chi connectivity index (χ4v) is 2.12. The molecule has 0 spiro atoms. The van der Waals surface area contributed by atoms with Gasteiger partial charge in [-0.05, 0) is 49.0 Å². The van der Waals surface area contributed by atoms with Gasteiger partial charge in [0.05, 0.1) is 0 Å². The van der Waals surface area contributed by atoms with Gasteiger partial charge in [0.2, 0.25) is 0 Å². The molecule has 0 amide bonds. The summed E-state index contributed by atoms with van der Waals surface area (Å²) in [5.74, 6) is 1.47. The van der Waals surface area contributed by atoms with Gasteiger partial charge in [-0.25, -0.2) is 0 Å². The van der Waals surface area contributed by atoms with Crippen LogP contribution < -0.4 is 5.32 Å².